The van der Waals surface area contributed by atoms with Crippen molar-refractivity contribution >= 4 is 15.9 Å². The fourth-order valence-electron chi connectivity index (χ4n) is 2.37. The largest absolute Gasteiger partial charge is 0.374 e. The van der Waals surface area contributed by atoms with E-state index in [1.54, 1.807) is 0 Å². The van der Waals surface area contributed by atoms with Crippen molar-refractivity contribution in [2.45, 2.75) is 46.4 Å². The summed E-state index contributed by atoms with van der Waals surface area (Å²) in [6.07, 6.45) is 0.242. The standard InChI is InChI=1S/C13H22BrN3O/c1-9(2)16-5-6-18-12(7-16)8-17-11(4)13(14)10(3)15-17/h9,12H,5-8H2,1-4H3. The van der Waals surface area contributed by atoms with Gasteiger partial charge in [0, 0.05) is 24.8 Å². The summed E-state index contributed by atoms with van der Waals surface area (Å²) >= 11 is 3.57. The molecule has 0 radical (unpaired) electrons. The van der Waals surface area contributed by atoms with E-state index in [1.165, 1.54) is 5.69 Å². The highest BCUT2D eigenvalue weighted by Crippen LogP contribution is 2.21. The number of morpholine rings is 1. The van der Waals surface area contributed by atoms with Crippen molar-refractivity contribution in [2.24, 2.45) is 0 Å². The Balaban J connectivity index is 2.02. The molecule has 18 heavy (non-hydrogen) atoms. The third-order valence-electron chi connectivity index (χ3n) is 3.57. The van der Waals surface area contributed by atoms with Gasteiger partial charge in [-0.3, -0.25) is 9.58 Å². The van der Waals surface area contributed by atoms with Gasteiger partial charge in [0.15, 0.2) is 0 Å². The van der Waals surface area contributed by atoms with Crippen molar-refractivity contribution in [1.29, 1.82) is 0 Å². The number of nitrogens with zero attached hydrogens (tertiary/aromatic N) is 3. The summed E-state index contributed by atoms with van der Waals surface area (Å²) in [5.41, 5.74) is 2.22. The summed E-state index contributed by atoms with van der Waals surface area (Å²) < 4.78 is 9.01. The monoisotopic (exact) mass is 315 g/mol. The molecule has 1 fully saturated rings. The van der Waals surface area contributed by atoms with E-state index in [9.17, 15) is 0 Å². The Morgan fingerprint density at radius 2 is 2.17 bits per heavy atom. The van der Waals surface area contributed by atoms with Crippen LogP contribution in [-0.4, -0.2) is 46.5 Å². The summed E-state index contributed by atoms with van der Waals surface area (Å²) in [5.74, 6) is 0. The van der Waals surface area contributed by atoms with Gasteiger partial charge in [0.05, 0.1) is 29.4 Å². The molecule has 1 aliphatic rings. The van der Waals surface area contributed by atoms with Gasteiger partial charge in [-0.05, 0) is 43.6 Å². The average Bonchev–Trinajstić information content (AvgIpc) is 2.57. The number of hydrogen-bond donors (Lipinski definition) is 0. The lowest BCUT2D eigenvalue weighted by atomic mass is 10.2. The maximum absolute atomic E-state index is 5.85. The van der Waals surface area contributed by atoms with E-state index in [-0.39, 0.29) is 6.10 Å². The molecule has 0 bridgehead atoms. The van der Waals surface area contributed by atoms with E-state index in [4.69, 9.17) is 4.74 Å². The molecule has 0 saturated carbocycles. The second-order valence-corrected chi connectivity index (χ2v) is 6.04. The first-order valence-corrected chi connectivity index (χ1v) is 7.33. The highest BCUT2D eigenvalue weighted by atomic mass is 79.9. The minimum atomic E-state index is 0.242. The molecule has 0 spiro atoms. The summed E-state index contributed by atoms with van der Waals surface area (Å²) in [6.45, 7) is 12.3. The van der Waals surface area contributed by atoms with Crippen molar-refractivity contribution in [3.63, 3.8) is 0 Å². The molecule has 0 amide bonds. The maximum atomic E-state index is 5.85. The molecule has 2 heterocycles. The third-order valence-corrected chi connectivity index (χ3v) is 4.72. The molecule has 1 atom stereocenters. The predicted octanol–water partition coefficient (Wildman–Crippen LogP) is 2.37. The lowest BCUT2D eigenvalue weighted by Crippen LogP contribution is -2.47. The number of hydrogen-bond acceptors (Lipinski definition) is 3. The van der Waals surface area contributed by atoms with Crippen molar-refractivity contribution in [1.82, 2.24) is 14.7 Å². The molecule has 2 rings (SSSR count). The molecule has 5 heteroatoms. The van der Waals surface area contributed by atoms with E-state index in [1.807, 2.05) is 11.6 Å². The summed E-state index contributed by atoms with van der Waals surface area (Å²) in [6, 6.07) is 0.587. The van der Waals surface area contributed by atoms with Crippen molar-refractivity contribution < 1.29 is 4.74 Å². The second-order valence-electron chi connectivity index (χ2n) is 5.25. The van der Waals surface area contributed by atoms with Gasteiger partial charge in [-0.25, -0.2) is 0 Å². The van der Waals surface area contributed by atoms with E-state index in [0.717, 1.165) is 36.4 Å². The van der Waals surface area contributed by atoms with Gasteiger partial charge in [0.1, 0.15) is 0 Å². The van der Waals surface area contributed by atoms with Gasteiger partial charge >= 0.3 is 0 Å². The zero-order valence-corrected chi connectivity index (χ0v) is 13.2. The minimum Gasteiger partial charge on any atom is -0.374 e. The summed E-state index contributed by atoms with van der Waals surface area (Å²) in [4.78, 5) is 2.47. The molecular weight excluding hydrogens is 294 g/mol. The molecular formula is C13H22BrN3O. The first-order valence-electron chi connectivity index (χ1n) is 6.54. The number of aromatic nitrogens is 2. The molecule has 0 aliphatic carbocycles. The Morgan fingerprint density at radius 1 is 1.44 bits per heavy atom. The van der Waals surface area contributed by atoms with Crippen LogP contribution in [0.25, 0.3) is 0 Å². The normalized spacial score (nSPS) is 21.8. The molecule has 1 unspecified atom stereocenters. The van der Waals surface area contributed by atoms with E-state index >= 15 is 0 Å². The zero-order valence-electron chi connectivity index (χ0n) is 11.6. The summed E-state index contributed by atoms with van der Waals surface area (Å²) in [5, 5.41) is 4.55. The lowest BCUT2D eigenvalue weighted by molar-refractivity contribution is -0.0472. The van der Waals surface area contributed by atoms with Crippen molar-refractivity contribution in [3.8, 4) is 0 Å². The van der Waals surface area contributed by atoms with Crippen LogP contribution in [0.15, 0.2) is 4.47 Å². The Bertz CT molecular complexity index is 417. The predicted molar refractivity (Wildman–Crippen MR) is 75.9 cm³/mol. The number of halogens is 1. The number of rotatable bonds is 3. The van der Waals surface area contributed by atoms with Crippen molar-refractivity contribution in [3.05, 3.63) is 15.9 Å². The smallest absolute Gasteiger partial charge is 0.0898 e. The van der Waals surface area contributed by atoms with E-state index in [0.29, 0.717) is 6.04 Å². The van der Waals surface area contributed by atoms with Crippen LogP contribution in [0.4, 0.5) is 0 Å². The Hall–Kier alpha value is -0.390. The zero-order chi connectivity index (χ0) is 13.3. The molecule has 1 aromatic rings. The molecule has 1 aliphatic heterocycles. The highest BCUT2D eigenvalue weighted by Gasteiger charge is 2.23. The van der Waals surface area contributed by atoms with E-state index < -0.39 is 0 Å². The quantitative estimate of drug-likeness (QED) is 0.858. The molecule has 0 N–H and O–H groups in total. The molecule has 1 aromatic heterocycles. The SMILES string of the molecule is Cc1nn(CC2CN(C(C)C)CCO2)c(C)c1Br. The van der Waals surface area contributed by atoms with Crippen LogP contribution in [-0.2, 0) is 11.3 Å². The maximum Gasteiger partial charge on any atom is 0.0898 e. The van der Waals surface area contributed by atoms with Gasteiger partial charge in [-0.2, -0.15) is 5.10 Å². The molecule has 0 aromatic carbocycles. The van der Waals surface area contributed by atoms with Crippen molar-refractivity contribution in [2.75, 3.05) is 19.7 Å². The number of aryl methyl sites for hydroxylation is 1. The average molecular weight is 316 g/mol. The van der Waals surface area contributed by atoms with Crippen LogP contribution in [0.3, 0.4) is 0 Å². The topological polar surface area (TPSA) is 30.3 Å². The molecule has 1 saturated heterocycles. The van der Waals surface area contributed by atoms with Crippen LogP contribution in [0.1, 0.15) is 25.2 Å². The first-order chi connectivity index (χ1) is 8.49. The lowest BCUT2D eigenvalue weighted by Gasteiger charge is -2.35. The fraction of sp³-hybridized carbons (Fsp3) is 0.769. The van der Waals surface area contributed by atoms with Gasteiger partial charge < -0.3 is 4.74 Å². The number of ether oxygens (including phenoxy) is 1. The Labute approximate surface area is 117 Å². The van der Waals surface area contributed by atoms with Gasteiger partial charge in [-0.15, -0.1) is 0 Å². The minimum absolute atomic E-state index is 0.242. The van der Waals surface area contributed by atoms with Crippen LogP contribution < -0.4 is 0 Å². The van der Waals surface area contributed by atoms with Gasteiger partial charge in [0.25, 0.3) is 0 Å². The first kappa shape index (κ1) is 14.0. The fourth-order valence-corrected chi connectivity index (χ4v) is 2.65. The highest BCUT2D eigenvalue weighted by molar-refractivity contribution is 9.10. The van der Waals surface area contributed by atoms with Crippen LogP contribution in [0.5, 0.6) is 0 Å². The van der Waals surface area contributed by atoms with E-state index in [2.05, 4.69) is 46.7 Å². The summed E-state index contributed by atoms with van der Waals surface area (Å²) in [7, 11) is 0. The molecule has 4 nitrogen and oxygen atoms in total. The van der Waals surface area contributed by atoms with Crippen LogP contribution in [0, 0.1) is 13.8 Å². The Morgan fingerprint density at radius 3 is 2.72 bits per heavy atom. The third kappa shape index (κ3) is 2.95. The van der Waals surface area contributed by atoms with Crippen LogP contribution in [0.2, 0.25) is 0 Å². The second kappa shape index (κ2) is 5.72. The van der Waals surface area contributed by atoms with Gasteiger partial charge in [-0.1, -0.05) is 0 Å². The van der Waals surface area contributed by atoms with Crippen LogP contribution >= 0.6 is 15.9 Å². The molecule has 102 valence electrons. The van der Waals surface area contributed by atoms with Gasteiger partial charge in [0.2, 0.25) is 0 Å². The Kier molecular flexibility index (Phi) is 4.45.